The Labute approximate surface area is 332 Å². The molecule has 5 aliphatic rings. The third-order valence-electron chi connectivity index (χ3n) is 13.3. The highest BCUT2D eigenvalue weighted by atomic mass is 16.7. The number of cyclic esters (lactones) is 1. The smallest absolute Gasteiger partial charge is 0.411 e. The molecule has 0 aliphatic carbocycles. The molecule has 0 saturated carbocycles. The van der Waals surface area contributed by atoms with Crippen LogP contribution in [0.5, 0.6) is 0 Å². The van der Waals surface area contributed by atoms with E-state index in [9.17, 15) is 19.5 Å². The van der Waals surface area contributed by atoms with Gasteiger partial charge in [0.15, 0.2) is 11.9 Å². The van der Waals surface area contributed by atoms with Crippen molar-refractivity contribution in [1.82, 2.24) is 9.80 Å². The van der Waals surface area contributed by atoms with Crippen LogP contribution in [-0.4, -0.2) is 133 Å². The lowest BCUT2D eigenvalue weighted by atomic mass is 9.72. The van der Waals surface area contributed by atoms with Crippen LogP contribution in [0.15, 0.2) is 42.0 Å². The number of fused-ring (bicyclic) bond motifs is 5. The van der Waals surface area contributed by atoms with E-state index in [2.05, 4.69) is 11.4 Å². The van der Waals surface area contributed by atoms with Crippen molar-refractivity contribution in [2.45, 2.75) is 135 Å². The molecular weight excluding hydrogens is 718 g/mol. The molecule has 15 atom stereocenters. The number of anilines is 1. The number of carbonyl (C=O) groups is 3. The highest BCUT2D eigenvalue weighted by molar-refractivity contribution is 5.85. The first-order valence-corrected chi connectivity index (χ1v) is 20.6. The molecule has 0 aromatic heterocycles. The minimum atomic E-state index is -1.32. The van der Waals surface area contributed by atoms with Crippen molar-refractivity contribution in [1.29, 1.82) is 0 Å². The van der Waals surface area contributed by atoms with Gasteiger partial charge >= 0.3 is 12.1 Å². The third-order valence-corrected chi connectivity index (χ3v) is 13.3. The van der Waals surface area contributed by atoms with Crippen LogP contribution < -0.4 is 5.32 Å². The quantitative estimate of drug-likeness (QED) is 0.282. The van der Waals surface area contributed by atoms with Gasteiger partial charge in [-0.25, -0.2) is 4.79 Å². The maximum absolute atomic E-state index is 14.8. The number of hydrogen-bond acceptors (Lipinski definition) is 12. The predicted octanol–water partition coefficient (Wildman–Crippen LogP) is 5.06. The van der Waals surface area contributed by atoms with E-state index >= 15 is 0 Å². The molecule has 0 radical (unpaired) electrons. The van der Waals surface area contributed by atoms with Crippen LogP contribution in [0.3, 0.4) is 0 Å². The summed E-state index contributed by atoms with van der Waals surface area (Å²) in [5, 5.41) is 15.2. The molecule has 2 N–H and O–H groups in total. The largest absolute Gasteiger partial charge is 0.458 e. The van der Waals surface area contributed by atoms with Crippen molar-refractivity contribution < 1.29 is 47.9 Å². The number of nitrogens with zero attached hydrogens (tertiary/aromatic N) is 2. The summed E-state index contributed by atoms with van der Waals surface area (Å²) < 4.78 is 40.0. The number of ether oxygens (including phenoxy) is 6. The molecule has 6 bridgehead atoms. The summed E-state index contributed by atoms with van der Waals surface area (Å²) in [5.74, 6) is -3.44. The number of para-hydroxylation sites is 1. The molecule has 5 aliphatic heterocycles. The number of esters is 1. The van der Waals surface area contributed by atoms with Crippen molar-refractivity contribution in [2.24, 2.45) is 29.6 Å². The standard InChI is InChI=1S/C43H65N3O10/c1-11-33-43(8)37-26(4)34(47)24(2)20-42(7)38(55-40-35(48)32(45(9)10)19-25(3)53-40)27(5)36(28(6)39(49)54-33)51-22-30(23-52-42)29(21-46(37)41(50)56-43)17-18-44-31-15-13-12-14-16-31/h12-17,24-28,30,32-33,35-38,40,44,48H,11,18-23H2,1-10H3/b29-17-/t24-,25-,26+,27+,28-,30?,32+,33-,35-,36+,37+,38-,40+,42?,43?/m1/s1. The summed E-state index contributed by atoms with van der Waals surface area (Å²) >= 11 is 0. The Balaban J connectivity index is 1.52. The van der Waals surface area contributed by atoms with E-state index in [1.807, 2.05) is 97.8 Å². The van der Waals surface area contributed by atoms with E-state index in [1.54, 1.807) is 11.8 Å². The van der Waals surface area contributed by atoms with Gasteiger partial charge in [0, 0.05) is 48.5 Å². The van der Waals surface area contributed by atoms with Crippen LogP contribution in [0.1, 0.15) is 74.7 Å². The summed E-state index contributed by atoms with van der Waals surface area (Å²) in [4.78, 5) is 47.0. The van der Waals surface area contributed by atoms with Crippen molar-refractivity contribution in [3.8, 4) is 0 Å². The lowest BCUT2D eigenvalue weighted by Crippen LogP contribution is -2.61. The number of aliphatic hydroxyl groups excluding tert-OH is 1. The molecule has 3 unspecified atom stereocenters. The van der Waals surface area contributed by atoms with Crippen molar-refractivity contribution in [3.63, 3.8) is 0 Å². The Morgan fingerprint density at radius 1 is 1.04 bits per heavy atom. The maximum Gasteiger partial charge on any atom is 0.411 e. The number of hydrogen-bond donors (Lipinski definition) is 2. The Morgan fingerprint density at radius 3 is 2.43 bits per heavy atom. The molecule has 5 saturated heterocycles. The summed E-state index contributed by atoms with van der Waals surface area (Å²) in [6.07, 6.45) is -1.79. The van der Waals surface area contributed by atoms with E-state index < -0.39 is 83.7 Å². The fraction of sp³-hybridized carbons (Fsp3) is 0.744. The van der Waals surface area contributed by atoms with Gasteiger partial charge in [0.25, 0.3) is 0 Å². The maximum atomic E-state index is 14.8. The first-order valence-electron chi connectivity index (χ1n) is 20.6. The molecule has 5 heterocycles. The van der Waals surface area contributed by atoms with Crippen LogP contribution in [0, 0.1) is 29.6 Å². The van der Waals surface area contributed by atoms with E-state index in [0.29, 0.717) is 19.4 Å². The first kappa shape index (κ1) is 42.5. The lowest BCUT2D eigenvalue weighted by Gasteiger charge is -2.48. The average Bonchev–Trinajstić information content (AvgIpc) is 3.43. The Kier molecular flexibility index (Phi) is 12.9. The summed E-state index contributed by atoms with van der Waals surface area (Å²) in [6.45, 7) is 16.1. The summed E-state index contributed by atoms with van der Waals surface area (Å²) in [5.41, 5.74) is -0.614. The number of Topliss-reactive ketones (excluding diaryl/α,β-unsaturated/α-hetero) is 1. The predicted molar refractivity (Wildman–Crippen MR) is 210 cm³/mol. The van der Waals surface area contributed by atoms with Crippen LogP contribution in [0.2, 0.25) is 0 Å². The lowest BCUT2D eigenvalue weighted by molar-refractivity contribution is -0.302. The van der Waals surface area contributed by atoms with Gasteiger partial charge in [0.1, 0.15) is 18.0 Å². The number of ketones is 1. The van der Waals surface area contributed by atoms with Crippen LogP contribution >= 0.6 is 0 Å². The van der Waals surface area contributed by atoms with Crippen molar-refractivity contribution in [2.75, 3.05) is 45.7 Å². The van der Waals surface area contributed by atoms with E-state index in [-0.39, 0.29) is 50.0 Å². The number of benzene rings is 1. The van der Waals surface area contributed by atoms with Crippen LogP contribution in [-0.2, 0) is 38.0 Å². The van der Waals surface area contributed by atoms with Crippen molar-refractivity contribution in [3.05, 3.63) is 42.0 Å². The van der Waals surface area contributed by atoms with E-state index in [1.165, 1.54) is 0 Å². The fourth-order valence-electron chi connectivity index (χ4n) is 10.2. The second-order valence-corrected chi connectivity index (χ2v) is 17.7. The van der Waals surface area contributed by atoms with Gasteiger partial charge in [-0.15, -0.1) is 0 Å². The highest BCUT2D eigenvalue weighted by Gasteiger charge is 2.61. The molecule has 312 valence electrons. The van der Waals surface area contributed by atoms with Gasteiger partial charge in [-0.3, -0.25) is 14.5 Å². The van der Waals surface area contributed by atoms with E-state index in [4.69, 9.17) is 28.4 Å². The second kappa shape index (κ2) is 17.0. The number of nitrogens with one attached hydrogen (secondary N) is 1. The number of aliphatic hydroxyl groups is 1. The monoisotopic (exact) mass is 783 g/mol. The van der Waals surface area contributed by atoms with Crippen molar-refractivity contribution >= 4 is 23.5 Å². The fourth-order valence-corrected chi connectivity index (χ4v) is 10.2. The SMILES string of the molecule is CC[C@H]1OC(=O)[C@H](C)[C@H]2OCC3COC(C)(C[C@@H](C)C(=O)[C@H](C)[C@@H]4N(C/C3=C/CNc3ccccc3)C(=O)OC41C)[C@H](O[C@@H]1O[C@H](C)C[C@H](N(C)C)[C@H]1O)[C@H]2C. The molecule has 13 nitrogen and oxygen atoms in total. The minimum Gasteiger partial charge on any atom is -0.458 e. The second-order valence-electron chi connectivity index (χ2n) is 17.7. The first-order chi connectivity index (χ1) is 26.5. The molecule has 56 heavy (non-hydrogen) atoms. The summed E-state index contributed by atoms with van der Waals surface area (Å²) in [6, 6.07) is 8.91. The number of amides is 1. The zero-order valence-electron chi connectivity index (χ0n) is 34.9. The molecule has 1 aromatic carbocycles. The molecule has 1 aromatic rings. The molecule has 6 rings (SSSR count). The Morgan fingerprint density at radius 2 is 1.75 bits per heavy atom. The van der Waals surface area contributed by atoms with Crippen LogP contribution in [0.25, 0.3) is 0 Å². The van der Waals surface area contributed by atoms with Gasteiger partial charge in [-0.2, -0.15) is 0 Å². The number of likely N-dealkylation sites (N-methyl/N-ethyl adjacent to an activating group) is 1. The van der Waals surface area contributed by atoms with E-state index in [0.717, 1.165) is 11.3 Å². The van der Waals surface area contributed by atoms with Gasteiger partial charge in [0.05, 0.1) is 49.1 Å². The molecule has 0 spiro atoms. The normalized spacial score (nSPS) is 43.1. The highest BCUT2D eigenvalue weighted by Crippen LogP contribution is 2.46. The van der Waals surface area contributed by atoms with Gasteiger partial charge in [-0.05, 0) is 78.8 Å². The molecule has 1 amide bonds. The average molecular weight is 784 g/mol. The molecular formula is C43H65N3O10. The number of rotatable bonds is 7. The minimum absolute atomic E-state index is 0.0660. The van der Waals surface area contributed by atoms with Gasteiger partial charge in [-0.1, -0.05) is 52.0 Å². The number of carbonyl (C=O) groups excluding carboxylic acids is 3. The van der Waals surface area contributed by atoms with Gasteiger partial charge < -0.3 is 43.7 Å². The topological polar surface area (TPSA) is 145 Å². The van der Waals surface area contributed by atoms with Crippen LogP contribution in [0.4, 0.5) is 10.5 Å². The Bertz CT molecular complexity index is 1590. The third kappa shape index (κ3) is 8.27. The molecule has 13 heteroatoms. The zero-order valence-corrected chi connectivity index (χ0v) is 34.9. The Hall–Kier alpha value is -3.07. The van der Waals surface area contributed by atoms with Gasteiger partial charge in [0.2, 0.25) is 0 Å². The molecule has 5 fully saturated rings. The summed E-state index contributed by atoms with van der Waals surface area (Å²) in [7, 11) is 3.86. The zero-order chi connectivity index (χ0) is 40.7.